The van der Waals surface area contributed by atoms with Gasteiger partial charge in [0.15, 0.2) is 5.54 Å². The summed E-state index contributed by atoms with van der Waals surface area (Å²) in [6, 6.07) is -0.655. The van der Waals surface area contributed by atoms with Crippen LogP contribution in [-0.2, 0) is 10.3 Å². The maximum atomic E-state index is 11.9. The largest absolute Gasteiger partial charge is 0.465 e. The van der Waals surface area contributed by atoms with Gasteiger partial charge in [-0.1, -0.05) is 0 Å². The average Bonchev–Trinajstić information content (AvgIpc) is 2.81. The minimum absolute atomic E-state index is 0.251. The molecule has 0 aliphatic carbocycles. The van der Waals surface area contributed by atoms with E-state index in [1.54, 1.807) is 12.3 Å². The summed E-state index contributed by atoms with van der Waals surface area (Å²) >= 11 is 1.13. The summed E-state index contributed by atoms with van der Waals surface area (Å²) in [7, 11) is 0. The predicted molar refractivity (Wildman–Crippen MR) is 61.2 cm³/mol. The Morgan fingerprint density at radius 3 is 2.78 bits per heavy atom. The minimum atomic E-state index is -1.42. The van der Waals surface area contributed by atoms with E-state index in [1.807, 2.05) is 0 Å². The van der Waals surface area contributed by atoms with Crippen molar-refractivity contribution >= 4 is 29.6 Å². The first kappa shape index (κ1) is 12.3. The number of urea groups is 1. The zero-order valence-corrected chi connectivity index (χ0v) is 10.1. The van der Waals surface area contributed by atoms with Gasteiger partial charge in [-0.05, 0) is 18.5 Å². The molecule has 0 aromatic carbocycles. The summed E-state index contributed by atoms with van der Waals surface area (Å²) in [5.74, 6) is -0.593. The highest BCUT2D eigenvalue weighted by atomic mass is 32.1. The Kier molecular flexibility index (Phi) is 2.91. The number of imide groups is 1. The zero-order chi connectivity index (χ0) is 13.3. The van der Waals surface area contributed by atoms with Gasteiger partial charge in [0.2, 0.25) is 0 Å². The molecule has 0 bridgehead atoms. The lowest BCUT2D eigenvalue weighted by Crippen LogP contribution is -2.52. The Bertz CT molecular complexity index is 528. The second kappa shape index (κ2) is 4.26. The second-order valence-electron chi connectivity index (χ2n) is 3.79. The Balaban J connectivity index is 2.40. The van der Waals surface area contributed by atoms with Gasteiger partial charge < -0.3 is 15.7 Å². The third kappa shape index (κ3) is 1.88. The molecular formula is C9H10N4O4S. The molecule has 1 aromatic heterocycles. The number of amides is 4. The van der Waals surface area contributed by atoms with Crippen LogP contribution in [0.2, 0.25) is 0 Å². The number of hydrogen-bond donors (Lipinski definition) is 4. The molecule has 1 aliphatic rings. The van der Waals surface area contributed by atoms with Gasteiger partial charge in [-0.2, -0.15) is 4.37 Å². The van der Waals surface area contributed by atoms with Crippen LogP contribution in [0.3, 0.4) is 0 Å². The van der Waals surface area contributed by atoms with Crippen LogP contribution in [0, 0.1) is 6.92 Å². The number of carboxylic acid groups (broad SMARTS) is 1. The van der Waals surface area contributed by atoms with Crippen molar-refractivity contribution in [3.05, 3.63) is 16.6 Å². The second-order valence-corrected chi connectivity index (χ2v) is 4.42. The van der Waals surface area contributed by atoms with Crippen LogP contribution in [0.15, 0.2) is 5.38 Å². The molecule has 8 nitrogen and oxygen atoms in total. The van der Waals surface area contributed by atoms with E-state index in [1.165, 1.54) is 0 Å². The monoisotopic (exact) mass is 270 g/mol. The number of hydrogen-bond acceptors (Lipinski definition) is 5. The first-order chi connectivity index (χ1) is 8.45. The molecular weight excluding hydrogens is 260 g/mol. The highest BCUT2D eigenvalue weighted by Crippen LogP contribution is 2.28. The maximum Gasteiger partial charge on any atom is 0.404 e. The topological polar surface area (TPSA) is 120 Å². The fraction of sp³-hybridized carbons (Fsp3) is 0.333. The molecule has 4 amide bonds. The van der Waals surface area contributed by atoms with Crippen molar-refractivity contribution in [3.63, 3.8) is 0 Å². The fourth-order valence-corrected chi connectivity index (χ4v) is 2.60. The van der Waals surface area contributed by atoms with Gasteiger partial charge >= 0.3 is 12.1 Å². The van der Waals surface area contributed by atoms with Crippen molar-refractivity contribution in [2.75, 3.05) is 6.54 Å². The molecule has 4 N–H and O–H groups in total. The molecule has 1 aromatic rings. The van der Waals surface area contributed by atoms with Crippen LogP contribution in [0.25, 0.3) is 0 Å². The van der Waals surface area contributed by atoms with Crippen molar-refractivity contribution in [2.45, 2.75) is 12.5 Å². The minimum Gasteiger partial charge on any atom is -0.465 e. The normalized spacial score (nSPS) is 22.5. The van der Waals surface area contributed by atoms with E-state index in [0.29, 0.717) is 11.3 Å². The molecule has 2 rings (SSSR count). The van der Waals surface area contributed by atoms with E-state index < -0.39 is 23.6 Å². The Morgan fingerprint density at radius 1 is 1.61 bits per heavy atom. The van der Waals surface area contributed by atoms with E-state index in [2.05, 4.69) is 20.3 Å². The summed E-state index contributed by atoms with van der Waals surface area (Å²) < 4.78 is 4.03. The molecule has 0 radical (unpaired) electrons. The molecule has 0 spiro atoms. The van der Waals surface area contributed by atoms with Crippen molar-refractivity contribution in [1.29, 1.82) is 0 Å². The summed E-state index contributed by atoms with van der Waals surface area (Å²) in [5, 5.41) is 16.9. The van der Waals surface area contributed by atoms with Crippen LogP contribution < -0.4 is 16.0 Å². The van der Waals surface area contributed by atoms with Gasteiger partial charge in [0.05, 0.1) is 12.2 Å². The van der Waals surface area contributed by atoms with Gasteiger partial charge in [-0.15, -0.1) is 0 Å². The summed E-state index contributed by atoms with van der Waals surface area (Å²) in [6.45, 7) is 1.44. The Morgan fingerprint density at radius 2 is 2.33 bits per heavy atom. The summed E-state index contributed by atoms with van der Waals surface area (Å²) in [6.07, 6.45) is -1.27. The third-order valence-corrected chi connectivity index (χ3v) is 3.38. The van der Waals surface area contributed by atoms with E-state index >= 15 is 0 Å². The standard InChI is InChI=1S/C9H10N4O4S/c1-4-5(2-18-13-4)9(3-10-8(16)17)6(14)11-7(15)12-9/h2,10H,3H2,1H3,(H,16,17)(H2,11,12,14,15). The molecule has 1 saturated heterocycles. The summed E-state index contributed by atoms with van der Waals surface area (Å²) in [4.78, 5) is 33.8. The van der Waals surface area contributed by atoms with E-state index in [4.69, 9.17) is 5.11 Å². The fourth-order valence-electron chi connectivity index (χ4n) is 1.81. The van der Waals surface area contributed by atoms with E-state index in [9.17, 15) is 14.4 Å². The van der Waals surface area contributed by atoms with Gasteiger partial charge in [-0.3, -0.25) is 10.1 Å². The Labute approximate surface area is 106 Å². The van der Waals surface area contributed by atoms with Gasteiger partial charge in [0.25, 0.3) is 5.91 Å². The van der Waals surface area contributed by atoms with E-state index in [0.717, 1.165) is 11.5 Å². The molecule has 0 saturated carbocycles. The molecule has 1 aliphatic heterocycles. The highest BCUT2D eigenvalue weighted by molar-refractivity contribution is 7.03. The lowest BCUT2D eigenvalue weighted by atomic mass is 9.90. The van der Waals surface area contributed by atoms with Crippen LogP contribution in [-0.4, -0.2) is 34.1 Å². The first-order valence-corrected chi connectivity index (χ1v) is 5.81. The van der Waals surface area contributed by atoms with Crippen molar-refractivity contribution in [3.8, 4) is 0 Å². The molecule has 1 atom stereocenters. The summed E-state index contributed by atoms with van der Waals surface area (Å²) in [5.41, 5.74) is -0.360. The van der Waals surface area contributed by atoms with Crippen LogP contribution in [0.1, 0.15) is 11.3 Å². The molecule has 1 fully saturated rings. The number of aromatic nitrogens is 1. The van der Waals surface area contributed by atoms with Gasteiger partial charge in [0.1, 0.15) is 0 Å². The van der Waals surface area contributed by atoms with Crippen molar-refractivity contribution < 1.29 is 19.5 Å². The number of nitrogens with one attached hydrogen (secondary N) is 3. The lowest BCUT2D eigenvalue weighted by Gasteiger charge is -2.25. The molecule has 2 heterocycles. The molecule has 1 unspecified atom stereocenters. The van der Waals surface area contributed by atoms with E-state index in [-0.39, 0.29) is 6.54 Å². The predicted octanol–water partition coefficient (Wildman–Crippen LogP) is -0.246. The SMILES string of the molecule is Cc1nscc1C1(CNC(=O)O)NC(=O)NC1=O. The number of nitrogens with zero attached hydrogens (tertiary/aromatic N) is 1. The van der Waals surface area contributed by atoms with Crippen molar-refractivity contribution in [1.82, 2.24) is 20.3 Å². The number of rotatable bonds is 3. The van der Waals surface area contributed by atoms with Gasteiger partial charge in [-0.25, -0.2) is 9.59 Å². The lowest BCUT2D eigenvalue weighted by molar-refractivity contribution is -0.124. The highest BCUT2D eigenvalue weighted by Gasteiger charge is 2.49. The number of aryl methyl sites for hydroxylation is 1. The number of carbonyl (C=O) groups is 3. The smallest absolute Gasteiger partial charge is 0.404 e. The van der Waals surface area contributed by atoms with Crippen LogP contribution in [0.5, 0.6) is 0 Å². The van der Waals surface area contributed by atoms with Crippen molar-refractivity contribution in [2.24, 2.45) is 0 Å². The first-order valence-electron chi connectivity index (χ1n) is 4.97. The zero-order valence-electron chi connectivity index (χ0n) is 9.31. The third-order valence-electron chi connectivity index (χ3n) is 2.66. The van der Waals surface area contributed by atoms with Crippen LogP contribution >= 0.6 is 11.5 Å². The molecule has 96 valence electrons. The van der Waals surface area contributed by atoms with Gasteiger partial charge in [0, 0.05) is 10.9 Å². The molecule has 18 heavy (non-hydrogen) atoms. The Hall–Kier alpha value is -2.16. The van der Waals surface area contributed by atoms with Crippen LogP contribution in [0.4, 0.5) is 9.59 Å². The number of carbonyl (C=O) groups excluding carboxylic acids is 2. The molecule has 9 heteroatoms. The maximum absolute atomic E-state index is 11.9. The quantitative estimate of drug-likeness (QED) is 0.565. The average molecular weight is 270 g/mol.